The monoisotopic (exact) mass is 324 g/mol. The number of nitrogens with one attached hydrogen (secondary N) is 2. The van der Waals surface area contributed by atoms with E-state index >= 15 is 0 Å². The topological polar surface area (TPSA) is 61.4 Å². The zero-order valence-corrected chi connectivity index (χ0v) is 13.7. The lowest BCUT2D eigenvalue weighted by atomic mass is 9.96. The Morgan fingerprint density at radius 1 is 1.04 bits per heavy atom. The summed E-state index contributed by atoms with van der Waals surface area (Å²) in [7, 11) is 0. The van der Waals surface area contributed by atoms with Crippen LogP contribution in [0.5, 0.6) is 0 Å². The maximum atomic E-state index is 12.2. The van der Waals surface area contributed by atoms with Gasteiger partial charge >= 0.3 is 6.03 Å². The second-order valence-electron chi connectivity index (χ2n) is 6.64. The molecule has 0 heterocycles. The van der Waals surface area contributed by atoms with E-state index in [-0.39, 0.29) is 24.1 Å². The zero-order valence-electron chi connectivity index (χ0n) is 13.7. The largest absolute Gasteiger partial charge is 0.394 e. The van der Waals surface area contributed by atoms with E-state index < -0.39 is 0 Å². The van der Waals surface area contributed by atoms with Crippen LogP contribution in [0.1, 0.15) is 30.0 Å². The second-order valence-corrected chi connectivity index (χ2v) is 6.64. The average Bonchev–Trinajstić information content (AvgIpc) is 3.39. The van der Waals surface area contributed by atoms with Crippen molar-refractivity contribution in [3.05, 3.63) is 71.8 Å². The smallest absolute Gasteiger partial charge is 0.315 e. The Morgan fingerprint density at radius 2 is 1.67 bits per heavy atom. The SMILES string of the molecule is O=C(NCC1(Cc2ccccc2)CC1)NC(CO)c1ccccc1. The quantitative estimate of drug-likeness (QED) is 0.733. The number of rotatable bonds is 7. The lowest BCUT2D eigenvalue weighted by molar-refractivity contribution is 0.215. The number of carbonyl (C=O) groups is 1. The maximum absolute atomic E-state index is 12.2. The molecule has 4 heteroatoms. The van der Waals surface area contributed by atoms with Crippen molar-refractivity contribution in [2.24, 2.45) is 5.41 Å². The first-order chi connectivity index (χ1) is 11.7. The molecule has 1 unspecified atom stereocenters. The number of hydrogen-bond acceptors (Lipinski definition) is 2. The summed E-state index contributed by atoms with van der Waals surface area (Å²) in [6.45, 7) is 0.549. The fourth-order valence-electron chi connectivity index (χ4n) is 3.02. The standard InChI is InChI=1S/C20H24N2O2/c23-14-18(17-9-5-2-6-10-17)22-19(24)21-15-20(11-12-20)13-16-7-3-1-4-8-16/h1-10,18,23H,11-15H2,(H2,21,22,24). The summed E-state index contributed by atoms with van der Waals surface area (Å²) in [6, 6.07) is 19.3. The number of carbonyl (C=O) groups excluding carboxylic acids is 1. The molecule has 0 radical (unpaired) electrons. The van der Waals surface area contributed by atoms with Crippen LogP contribution < -0.4 is 10.6 Å². The highest BCUT2D eigenvalue weighted by atomic mass is 16.3. The Balaban J connectivity index is 1.50. The lowest BCUT2D eigenvalue weighted by Gasteiger charge is -2.20. The minimum Gasteiger partial charge on any atom is -0.394 e. The molecule has 0 bridgehead atoms. The van der Waals surface area contributed by atoms with E-state index in [1.54, 1.807) is 0 Å². The molecule has 1 aliphatic rings. The molecule has 1 fully saturated rings. The number of aliphatic hydroxyl groups is 1. The normalized spacial score (nSPS) is 16.2. The van der Waals surface area contributed by atoms with E-state index in [2.05, 4.69) is 34.9 Å². The van der Waals surface area contributed by atoms with Gasteiger partial charge in [0.15, 0.2) is 0 Å². The van der Waals surface area contributed by atoms with Crippen molar-refractivity contribution in [1.29, 1.82) is 0 Å². The minimum absolute atomic E-state index is 0.118. The third-order valence-electron chi connectivity index (χ3n) is 4.69. The first-order valence-electron chi connectivity index (χ1n) is 8.45. The van der Waals surface area contributed by atoms with Crippen molar-refractivity contribution in [3.8, 4) is 0 Å². The summed E-state index contributed by atoms with van der Waals surface area (Å²) in [6.07, 6.45) is 3.28. The van der Waals surface area contributed by atoms with Crippen LogP contribution >= 0.6 is 0 Å². The van der Waals surface area contributed by atoms with E-state index in [0.29, 0.717) is 6.54 Å². The van der Waals surface area contributed by atoms with Crippen molar-refractivity contribution < 1.29 is 9.90 Å². The summed E-state index contributed by atoms with van der Waals surface area (Å²) >= 11 is 0. The zero-order chi connectivity index (χ0) is 16.8. The Bertz CT molecular complexity index is 654. The average molecular weight is 324 g/mol. The molecule has 0 aromatic heterocycles. The van der Waals surface area contributed by atoms with Gasteiger partial charge in [0.2, 0.25) is 0 Å². The first-order valence-corrected chi connectivity index (χ1v) is 8.45. The van der Waals surface area contributed by atoms with Gasteiger partial charge in [-0.1, -0.05) is 60.7 Å². The molecule has 2 aromatic rings. The fourth-order valence-corrected chi connectivity index (χ4v) is 3.02. The van der Waals surface area contributed by atoms with Crippen molar-refractivity contribution >= 4 is 6.03 Å². The molecule has 0 spiro atoms. The van der Waals surface area contributed by atoms with E-state index in [1.165, 1.54) is 5.56 Å². The maximum Gasteiger partial charge on any atom is 0.315 e. The van der Waals surface area contributed by atoms with Crippen LogP contribution in [0.4, 0.5) is 4.79 Å². The van der Waals surface area contributed by atoms with Gasteiger partial charge in [0.05, 0.1) is 12.6 Å². The molecule has 3 N–H and O–H groups in total. The predicted octanol–water partition coefficient (Wildman–Crippen LogP) is 3.04. The molecule has 1 atom stereocenters. The van der Waals surface area contributed by atoms with Gasteiger partial charge in [0.25, 0.3) is 0 Å². The summed E-state index contributed by atoms with van der Waals surface area (Å²) in [4.78, 5) is 12.2. The van der Waals surface area contributed by atoms with Crippen LogP contribution in [-0.2, 0) is 6.42 Å². The highest BCUT2D eigenvalue weighted by molar-refractivity contribution is 5.74. The predicted molar refractivity (Wildman–Crippen MR) is 94.6 cm³/mol. The summed E-state index contributed by atoms with van der Waals surface area (Å²) in [5.74, 6) is 0. The Morgan fingerprint density at radius 3 is 2.25 bits per heavy atom. The van der Waals surface area contributed by atoms with E-state index in [9.17, 15) is 9.90 Å². The van der Waals surface area contributed by atoms with Gasteiger partial charge in [-0.15, -0.1) is 0 Å². The summed E-state index contributed by atoms with van der Waals surface area (Å²) in [5, 5.41) is 15.3. The second kappa shape index (κ2) is 7.49. The van der Waals surface area contributed by atoms with Gasteiger partial charge in [0.1, 0.15) is 0 Å². The number of benzene rings is 2. The van der Waals surface area contributed by atoms with Crippen molar-refractivity contribution in [3.63, 3.8) is 0 Å². The first kappa shape index (κ1) is 16.5. The van der Waals surface area contributed by atoms with Crippen LogP contribution in [0.2, 0.25) is 0 Å². The number of aliphatic hydroxyl groups excluding tert-OH is 1. The van der Waals surface area contributed by atoms with Gasteiger partial charge < -0.3 is 15.7 Å². The van der Waals surface area contributed by atoms with Crippen molar-refractivity contribution in [1.82, 2.24) is 10.6 Å². The third-order valence-corrected chi connectivity index (χ3v) is 4.69. The Hall–Kier alpha value is -2.33. The molecular formula is C20H24N2O2. The van der Waals surface area contributed by atoms with Crippen LogP contribution in [0.3, 0.4) is 0 Å². The van der Waals surface area contributed by atoms with E-state index in [1.807, 2.05) is 36.4 Å². The van der Waals surface area contributed by atoms with Gasteiger partial charge in [-0.05, 0) is 35.8 Å². The van der Waals surface area contributed by atoms with Crippen LogP contribution in [-0.4, -0.2) is 24.3 Å². The summed E-state index contributed by atoms with van der Waals surface area (Å²) in [5.41, 5.74) is 2.41. The molecule has 0 saturated heterocycles. The summed E-state index contributed by atoms with van der Waals surface area (Å²) < 4.78 is 0. The van der Waals surface area contributed by atoms with Gasteiger partial charge in [-0.25, -0.2) is 4.79 Å². The molecule has 4 nitrogen and oxygen atoms in total. The fraction of sp³-hybridized carbons (Fsp3) is 0.350. The van der Waals surface area contributed by atoms with Gasteiger partial charge in [-0.2, -0.15) is 0 Å². The van der Waals surface area contributed by atoms with Crippen LogP contribution in [0.25, 0.3) is 0 Å². The number of amides is 2. The van der Waals surface area contributed by atoms with Crippen molar-refractivity contribution in [2.45, 2.75) is 25.3 Å². The van der Waals surface area contributed by atoms with E-state index in [4.69, 9.17) is 0 Å². The molecule has 126 valence electrons. The lowest BCUT2D eigenvalue weighted by Crippen LogP contribution is -2.41. The third kappa shape index (κ3) is 4.36. The van der Waals surface area contributed by atoms with Gasteiger partial charge in [0, 0.05) is 6.54 Å². The number of urea groups is 1. The minimum atomic E-state index is -0.379. The molecule has 0 aliphatic heterocycles. The molecular weight excluding hydrogens is 300 g/mol. The highest BCUT2D eigenvalue weighted by Crippen LogP contribution is 2.47. The molecule has 3 rings (SSSR count). The molecule has 2 aromatic carbocycles. The van der Waals surface area contributed by atoms with Crippen LogP contribution in [0, 0.1) is 5.41 Å². The highest BCUT2D eigenvalue weighted by Gasteiger charge is 2.42. The molecule has 1 saturated carbocycles. The Labute approximate surface area is 142 Å². The molecule has 24 heavy (non-hydrogen) atoms. The van der Waals surface area contributed by atoms with Gasteiger partial charge in [-0.3, -0.25) is 0 Å². The molecule has 2 amide bonds. The Kier molecular flexibility index (Phi) is 5.16. The number of hydrogen-bond donors (Lipinski definition) is 3. The van der Waals surface area contributed by atoms with Crippen LogP contribution in [0.15, 0.2) is 60.7 Å². The van der Waals surface area contributed by atoms with E-state index in [0.717, 1.165) is 24.8 Å². The molecule has 1 aliphatic carbocycles. The van der Waals surface area contributed by atoms with Crippen molar-refractivity contribution in [2.75, 3.05) is 13.2 Å².